The molecule has 4 amide bonds. The Bertz CT molecular complexity index is 2120. The van der Waals surface area contributed by atoms with Gasteiger partial charge >= 0.3 is 6.09 Å². The third-order valence-corrected chi connectivity index (χ3v) is 12.5. The van der Waals surface area contributed by atoms with E-state index in [-0.39, 0.29) is 30.3 Å². The fourth-order valence-electron chi connectivity index (χ4n) is 8.68. The number of likely N-dealkylation sites (N-methyl/N-ethyl adjacent to an activating group) is 1. The highest BCUT2D eigenvalue weighted by Crippen LogP contribution is 2.39. The van der Waals surface area contributed by atoms with Crippen molar-refractivity contribution in [3.8, 4) is 0 Å². The second kappa shape index (κ2) is 26.8. The van der Waals surface area contributed by atoms with Crippen LogP contribution in [0.1, 0.15) is 102 Å². The molecule has 1 saturated heterocycles. The number of hydrogen-bond donors (Lipinski definition) is 4. The van der Waals surface area contributed by atoms with Crippen LogP contribution in [0.2, 0.25) is 5.02 Å². The maximum absolute atomic E-state index is 13.8. The van der Waals surface area contributed by atoms with Crippen LogP contribution in [0, 0.1) is 17.8 Å². The number of benzene rings is 4. The van der Waals surface area contributed by atoms with Gasteiger partial charge in [0.2, 0.25) is 17.7 Å². The Hall–Kier alpha value is -5.56. The number of likely N-dealkylation sites (tertiary alicyclic amines) is 1. The zero-order chi connectivity index (χ0) is 49.9. The zero-order valence-electron chi connectivity index (χ0n) is 41.3. The number of halogens is 1. The molecular weight excluding hydrogens is 878 g/mol. The second-order valence-electron chi connectivity index (χ2n) is 19.4. The molecule has 4 N–H and O–H groups in total. The molecular formula is C55H74ClN5O7. The number of piperidine rings is 1. The van der Waals surface area contributed by atoms with Crippen molar-refractivity contribution in [1.29, 1.82) is 0 Å². The van der Waals surface area contributed by atoms with Crippen LogP contribution in [0.15, 0.2) is 115 Å². The molecule has 1 heterocycles. The van der Waals surface area contributed by atoms with Crippen molar-refractivity contribution >= 4 is 41.7 Å². The molecule has 1 aliphatic heterocycles. The number of amides is 4. The maximum Gasteiger partial charge on any atom is 0.408 e. The lowest BCUT2D eigenvalue weighted by Gasteiger charge is -2.41. The Morgan fingerprint density at radius 1 is 0.706 bits per heavy atom. The molecule has 0 spiro atoms. The first-order chi connectivity index (χ1) is 32.4. The van der Waals surface area contributed by atoms with Gasteiger partial charge in [0.05, 0.1) is 11.6 Å². The van der Waals surface area contributed by atoms with E-state index in [1.54, 1.807) is 4.90 Å². The molecule has 3 atom stereocenters. The number of nitrogens with one attached hydrogen (secondary N) is 3. The molecule has 0 radical (unpaired) electrons. The summed E-state index contributed by atoms with van der Waals surface area (Å²) in [6.45, 7) is 14.1. The molecule has 0 bridgehead atoms. The van der Waals surface area contributed by atoms with Crippen molar-refractivity contribution < 1.29 is 33.8 Å². The van der Waals surface area contributed by atoms with Gasteiger partial charge in [-0.3, -0.25) is 14.4 Å². The molecule has 5 rings (SSSR count). The largest absolute Gasteiger partial charge is 0.445 e. The minimum absolute atomic E-state index is 0.0829. The molecule has 1 fully saturated rings. The highest BCUT2D eigenvalue weighted by Gasteiger charge is 2.44. The van der Waals surface area contributed by atoms with E-state index < -0.39 is 47.0 Å². The highest BCUT2D eigenvalue weighted by molar-refractivity contribution is 6.30. The highest BCUT2D eigenvalue weighted by atomic mass is 35.5. The molecule has 12 nitrogen and oxygen atoms in total. The van der Waals surface area contributed by atoms with Gasteiger partial charge in [0, 0.05) is 32.2 Å². The topological polar surface area (TPSA) is 157 Å². The summed E-state index contributed by atoms with van der Waals surface area (Å²) in [5.74, 6) is -0.307. The summed E-state index contributed by atoms with van der Waals surface area (Å²) < 4.78 is 5.26. The van der Waals surface area contributed by atoms with Gasteiger partial charge in [-0.1, -0.05) is 156 Å². The molecule has 0 aromatic heterocycles. The van der Waals surface area contributed by atoms with Gasteiger partial charge in [-0.25, -0.2) is 4.79 Å². The Morgan fingerprint density at radius 2 is 1.18 bits per heavy atom. The summed E-state index contributed by atoms with van der Waals surface area (Å²) in [5, 5.41) is 20.1. The third kappa shape index (κ3) is 16.6. The van der Waals surface area contributed by atoms with Crippen LogP contribution >= 0.6 is 11.6 Å². The molecule has 13 heteroatoms. The Labute approximate surface area is 409 Å². The maximum atomic E-state index is 13.8. The van der Waals surface area contributed by atoms with E-state index in [1.165, 1.54) is 0 Å². The number of alkyl carbamates (subject to hydrolysis) is 1. The molecule has 0 unspecified atom stereocenters. The van der Waals surface area contributed by atoms with E-state index in [9.17, 15) is 29.1 Å². The van der Waals surface area contributed by atoms with Gasteiger partial charge in [-0.05, 0) is 97.2 Å². The summed E-state index contributed by atoms with van der Waals surface area (Å²) in [6.07, 6.45) is 3.29. The van der Waals surface area contributed by atoms with Gasteiger partial charge < -0.3 is 40.4 Å². The SMILES string of the molecule is CC(C)C[C@@H](C=O)NC(=O)[C@H](CC(C)C)NC(=O)[C@H](CC(C)C)NC(=O)OCc1ccccc1.CN(C)C(=O)C(CCN1CCC(O)(c2ccc(Cl)cc2)CC1)(c1ccccc1)c1ccccc1. The van der Waals surface area contributed by atoms with Crippen molar-refractivity contribution in [2.45, 2.75) is 116 Å². The number of aliphatic hydroxyl groups is 1. The van der Waals surface area contributed by atoms with Gasteiger partial charge in [0.25, 0.3) is 0 Å². The summed E-state index contributed by atoms with van der Waals surface area (Å²) in [5.41, 5.74) is 2.17. The van der Waals surface area contributed by atoms with Crippen molar-refractivity contribution in [3.05, 3.63) is 143 Å². The van der Waals surface area contributed by atoms with Gasteiger partial charge in [-0.2, -0.15) is 0 Å². The van der Waals surface area contributed by atoms with Crippen molar-refractivity contribution in [1.82, 2.24) is 25.8 Å². The fraction of sp³-hybridized carbons (Fsp3) is 0.473. The average molecular weight is 953 g/mol. The van der Waals surface area contributed by atoms with E-state index in [4.69, 9.17) is 16.3 Å². The number of ether oxygens (including phenoxy) is 1. The van der Waals surface area contributed by atoms with E-state index in [0.717, 1.165) is 48.2 Å². The first-order valence-electron chi connectivity index (χ1n) is 23.9. The summed E-state index contributed by atoms with van der Waals surface area (Å²) in [7, 11) is 3.66. The van der Waals surface area contributed by atoms with E-state index in [2.05, 4.69) is 45.1 Å². The monoisotopic (exact) mass is 952 g/mol. The smallest absolute Gasteiger partial charge is 0.408 e. The minimum Gasteiger partial charge on any atom is -0.445 e. The van der Waals surface area contributed by atoms with Crippen molar-refractivity contribution in [3.63, 3.8) is 0 Å². The number of carbonyl (C=O) groups excluding carboxylic acids is 5. The lowest BCUT2D eigenvalue weighted by atomic mass is 9.70. The van der Waals surface area contributed by atoms with E-state index >= 15 is 0 Å². The van der Waals surface area contributed by atoms with Crippen molar-refractivity contribution in [2.24, 2.45) is 17.8 Å². The van der Waals surface area contributed by atoms with Crippen LogP contribution in [0.3, 0.4) is 0 Å². The van der Waals surface area contributed by atoms with Crippen LogP contribution in [0.5, 0.6) is 0 Å². The fourth-order valence-corrected chi connectivity index (χ4v) is 8.81. The number of aldehydes is 1. The van der Waals surface area contributed by atoms with Gasteiger partial charge in [-0.15, -0.1) is 0 Å². The molecule has 0 saturated carbocycles. The normalized spacial score (nSPS) is 15.0. The van der Waals surface area contributed by atoms with Crippen LogP contribution in [-0.2, 0) is 41.5 Å². The van der Waals surface area contributed by atoms with Crippen molar-refractivity contribution in [2.75, 3.05) is 33.7 Å². The second-order valence-corrected chi connectivity index (χ2v) is 19.9. The van der Waals surface area contributed by atoms with Crippen LogP contribution in [0.25, 0.3) is 0 Å². The standard InChI is InChI=1S/C29H33ClN2O2.C26H41N3O5/c1-31(2)27(33)29(24-9-5-3-6-10-24,25-11-7-4-8-12-25)19-22-32-20-17-28(34,18-21-32)23-13-15-26(30)16-14-23;1-17(2)12-21(15-30)27-24(31)22(13-18(3)4)28-25(32)23(14-19(5)6)29-26(33)34-16-20-10-8-7-9-11-20/h3-16,34H,17-22H2,1-2H3;7-11,15,17-19,21-23H,12-14,16H2,1-6H3,(H,27,31)(H,28,32)(H,29,33)/t;21-,22-,23-/m.0/s1. The summed E-state index contributed by atoms with van der Waals surface area (Å²) >= 11 is 6.03. The lowest BCUT2D eigenvalue weighted by molar-refractivity contribution is -0.134. The average Bonchev–Trinajstić information content (AvgIpc) is 3.31. The molecule has 368 valence electrons. The Morgan fingerprint density at radius 3 is 1.65 bits per heavy atom. The van der Waals surface area contributed by atoms with E-state index in [1.807, 2.05) is 147 Å². The molecule has 68 heavy (non-hydrogen) atoms. The predicted octanol–water partition coefficient (Wildman–Crippen LogP) is 8.68. The summed E-state index contributed by atoms with van der Waals surface area (Å²) in [4.78, 5) is 67.6. The quantitative estimate of drug-likeness (QED) is 0.0605. The zero-order valence-corrected chi connectivity index (χ0v) is 42.0. The molecule has 4 aromatic rings. The Balaban J connectivity index is 0.000000297. The molecule has 1 aliphatic rings. The number of rotatable bonds is 21. The number of nitrogens with zero attached hydrogens (tertiary/aromatic N) is 2. The van der Waals surface area contributed by atoms with Gasteiger partial charge in [0.1, 0.15) is 30.4 Å². The Kier molecular flexibility index (Phi) is 21.7. The third-order valence-electron chi connectivity index (χ3n) is 12.3. The molecule has 0 aliphatic carbocycles. The predicted molar refractivity (Wildman–Crippen MR) is 270 cm³/mol. The minimum atomic E-state index is -0.858. The first-order valence-corrected chi connectivity index (χ1v) is 24.3. The van der Waals surface area contributed by atoms with Gasteiger partial charge in [0.15, 0.2) is 0 Å². The van der Waals surface area contributed by atoms with Crippen LogP contribution < -0.4 is 16.0 Å². The van der Waals surface area contributed by atoms with Crippen LogP contribution in [-0.4, -0.2) is 96.9 Å². The first kappa shape index (κ1) is 55.0. The summed E-state index contributed by atoms with van der Waals surface area (Å²) in [6, 6.07) is 34.7. The number of carbonyl (C=O) groups is 5. The van der Waals surface area contributed by atoms with E-state index in [0.29, 0.717) is 43.5 Å². The lowest BCUT2D eigenvalue weighted by Crippen LogP contribution is -2.55. The van der Waals surface area contributed by atoms with Crippen LogP contribution in [0.4, 0.5) is 4.79 Å². The number of hydrogen-bond acceptors (Lipinski definition) is 8. The molecule has 4 aromatic carbocycles.